The lowest BCUT2D eigenvalue weighted by Gasteiger charge is -2.11. The molecule has 1 aromatic heterocycles. The molecule has 3 aromatic carbocycles. The molecule has 0 radical (unpaired) electrons. The molecule has 1 amide bonds. The molecule has 4 aromatic rings. The average molecular weight is 521 g/mol. The molecule has 0 spiro atoms. The normalized spacial score (nSPS) is 11.0. The number of carbonyl (C=O) groups excluding carboxylic acids is 1. The number of benzene rings is 3. The smallest absolute Gasteiger partial charge is 0.282 e. The van der Waals surface area contributed by atoms with Crippen LogP contribution in [0, 0.1) is 6.92 Å². The molecule has 0 atom stereocenters. The topological polar surface area (TPSA) is 94.8 Å². The molecule has 4 rings (SSSR count). The number of halogens is 1. The maximum atomic E-state index is 12.9. The lowest BCUT2D eigenvalue weighted by atomic mass is 10.2. The van der Waals surface area contributed by atoms with E-state index < -0.39 is 0 Å². The van der Waals surface area contributed by atoms with Gasteiger partial charge in [-0.25, -0.2) is 4.98 Å². The van der Waals surface area contributed by atoms with Gasteiger partial charge in [-0.05, 0) is 61.0 Å². The lowest BCUT2D eigenvalue weighted by molar-refractivity contribution is -0.118. The number of fused-ring (bicyclic) bond motifs is 1. The molecule has 0 aliphatic carbocycles. The minimum Gasteiger partial charge on any atom is -0.493 e. The van der Waals surface area contributed by atoms with Crippen LogP contribution in [0.15, 0.2) is 81.1 Å². The first kappa shape index (κ1) is 23.2. The summed E-state index contributed by atoms with van der Waals surface area (Å²) >= 11 is 3.38. The molecule has 0 saturated carbocycles. The highest BCUT2D eigenvalue weighted by Crippen LogP contribution is 2.27. The summed E-state index contributed by atoms with van der Waals surface area (Å²) in [5.74, 6) is 1.02. The quantitative estimate of drug-likeness (QED) is 0.365. The summed E-state index contributed by atoms with van der Waals surface area (Å²) in [6.07, 6.45) is 1.54. The predicted octanol–water partition coefficient (Wildman–Crippen LogP) is 4.38. The fourth-order valence-corrected chi connectivity index (χ4v) is 3.63. The number of amides is 1. The van der Waals surface area contributed by atoms with E-state index in [2.05, 4.69) is 31.3 Å². The van der Waals surface area contributed by atoms with Crippen molar-refractivity contribution >= 4 is 44.6 Å². The number of rotatable bonds is 7. The van der Waals surface area contributed by atoms with Crippen LogP contribution in [-0.2, 0) is 4.79 Å². The summed E-state index contributed by atoms with van der Waals surface area (Å²) < 4.78 is 13.1. The van der Waals surface area contributed by atoms with E-state index in [-0.39, 0.29) is 18.1 Å². The second-order valence-electron chi connectivity index (χ2n) is 7.30. The molecule has 1 heterocycles. The molecular weight excluding hydrogens is 500 g/mol. The summed E-state index contributed by atoms with van der Waals surface area (Å²) in [5.41, 5.74) is 1.71. The second kappa shape index (κ2) is 10.3. The third-order valence-electron chi connectivity index (χ3n) is 4.90. The van der Waals surface area contributed by atoms with Crippen LogP contribution in [0.25, 0.3) is 10.9 Å². The number of hydrogen-bond acceptors (Lipinski definition) is 6. The first-order valence-corrected chi connectivity index (χ1v) is 11.1. The van der Waals surface area contributed by atoms with Crippen molar-refractivity contribution in [3.05, 3.63) is 92.9 Å². The van der Waals surface area contributed by atoms with Crippen molar-refractivity contribution in [2.45, 2.75) is 6.92 Å². The number of carbonyl (C=O) groups is 1. The van der Waals surface area contributed by atoms with Crippen molar-refractivity contribution < 1.29 is 14.3 Å². The number of nitrogens with one attached hydrogen (secondary N) is 1. The number of hydrogen-bond donors (Lipinski definition) is 1. The lowest BCUT2D eigenvalue weighted by Crippen LogP contribution is -2.20. The molecule has 0 fully saturated rings. The fraction of sp³-hybridized carbons (Fsp3) is 0.120. The predicted molar refractivity (Wildman–Crippen MR) is 135 cm³/mol. The van der Waals surface area contributed by atoms with Crippen molar-refractivity contribution in [1.82, 2.24) is 9.66 Å². The molecule has 0 aliphatic rings. The van der Waals surface area contributed by atoms with Gasteiger partial charge in [-0.1, -0.05) is 34.1 Å². The van der Waals surface area contributed by atoms with Gasteiger partial charge in [-0.3, -0.25) is 9.59 Å². The molecule has 172 valence electrons. The number of methoxy groups -OCH3 is 1. The highest BCUT2D eigenvalue weighted by molar-refractivity contribution is 9.10. The largest absolute Gasteiger partial charge is 0.493 e. The van der Waals surface area contributed by atoms with E-state index in [4.69, 9.17) is 9.47 Å². The van der Waals surface area contributed by atoms with E-state index in [0.29, 0.717) is 39.5 Å². The fourth-order valence-electron chi connectivity index (χ4n) is 3.27. The molecule has 1 N–H and O–H groups in total. The monoisotopic (exact) mass is 520 g/mol. The summed E-state index contributed by atoms with van der Waals surface area (Å²) in [6.45, 7) is 1.55. The van der Waals surface area contributed by atoms with E-state index in [9.17, 15) is 9.59 Å². The van der Waals surface area contributed by atoms with Crippen molar-refractivity contribution in [2.24, 2.45) is 5.10 Å². The van der Waals surface area contributed by atoms with Crippen LogP contribution < -0.4 is 20.3 Å². The standard InChI is InChI=1S/C25H21BrN4O4/c1-16-28-21-10-9-18(26)13-20(21)25(32)30(16)27-14-17-8-11-22(23(12-17)33-2)34-15-24(31)29-19-6-4-3-5-7-19/h3-14H,15H2,1-2H3,(H,29,31). The third-order valence-corrected chi connectivity index (χ3v) is 5.39. The Bertz CT molecular complexity index is 1430. The second-order valence-corrected chi connectivity index (χ2v) is 8.21. The van der Waals surface area contributed by atoms with Crippen LogP contribution >= 0.6 is 15.9 Å². The maximum Gasteiger partial charge on any atom is 0.282 e. The van der Waals surface area contributed by atoms with E-state index >= 15 is 0 Å². The minimum atomic E-state index is -0.288. The van der Waals surface area contributed by atoms with Crippen LogP contribution in [0.4, 0.5) is 5.69 Å². The highest BCUT2D eigenvalue weighted by Gasteiger charge is 2.10. The molecule has 34 heavy (non-hydrogen) atoms. The Morgan fingerprint density at radius 1 is 1.12 bits per heavy atom. The zero-order valence-corrected chi connectivity index (χ0v) is 20.1. The van der Waals surface area contributed by atoms with Crippen LogP contribution in [0.5, 0.6) is 11.5 Å². The molecule has 0 aliphatic heterocycles. The maximum absolute atomic E-state index is 12.9. The van der Waals surface area contributed by atoms with E-state index in [1.807, 2.05) is 24.3 Å². The van der Waals surface area contributed by atoms with Gasteiger partial charge in [0.2, 0.25) is 0 Å². The Kier molecular flexibility index (Phi) is 7.03. The Morgan fingerprint density at radius 2 is 1.91 bits per heavy atom. The van der Waals surface area contributed by atoms with Crippen molar-refractivity contribution in [2.75, 3.05) is 19.0 Å². The van der Waals surface area contributed by atoms with E-state index in [1.165, 1.54) is 18.0 Å². The average Bonchev–Trinajstić information content (AvgIpc) is 2.84. The van der Waals surface area contributed by atoms with Gasteiger partial charge in [0.25, 0.3) is 11.5 Å². The molecule has 8 nitrogen and oxygen atoms in total. The Morgan fingerprint density at radius 3 is 2.68 bits per heavy atom. The number of ether oxygens (including phenoxy) is 2. The Labute approximate surface area is 204 Å². The first-order chi connectivity index (χ1) is 16.4. The Hall–Kier alpha value is -3.98. The number of aryl methyl sites for hydroxylation is 1. The molecule has 9 heteroatoms. The van der Waals surface area contributed by atoms with Gasteiger partial charge < -0.3 is 14.8 Å². The van der Waals surface area contributed by atoms with Gasteiger partial charge in [0.05, 0.1) is 24.2 Å². The minimum absolute atomic E-state index is 0.175. The third kappa shape index (κ3) is 5.32. The summed E-state index contributed by atoms with van der Waals surface area (Å²) in [6, 6.07) is 19.6. The number of nitrogens with zero attached hydrogens (tertiary/aromatic N) is 3. The van der Waals surface area contributed by atoms with E-state index in [0.717, 1.165) is 4.47 Å². The summed E-state index contributed by atoms with van der Waals surface area (Å²) in [5, 5.41) is 7.55. The van der Waals surface area contributed by atoms with E-state index in [1.54, 1.807) is 49.4 Å². The van der Waals surface area contributed by atoms with Crippen LogP contribution in [0.1, 0.15) is 11.4 Å². The first-order valence-electron chi connectivity index (χ1n) is 10.3. The number of aromatic nitrogens is 2. The highest BCUT2D eigenvalue weighted by atomic mass is 79.9. The van der Waals surface area contributed by atoms with Crippen LogP contribution in [-0.4, -0.2) is 35.5 Å². The van der Waals surface area contributed by atoms with Crippen LogP contribution in [0.3, 0.4) is 0 Å². The van der Waals surface area contributed by atoms with Crippen molar-refractivity contribution in [1.29, 1.82) is 0 Å². The molecule has 0 unspecified atom stereocenters. The van der Waals surface area contributed by atoms with Crippen LogP contribution in [0.2, 0.25) is 0 Å². The van der Waals surface area contributed by atoms with Crippen molar-refractivity contribution in [3.63, 3.8) is 0 Å². The van der Waals surface area contributed by atoms with Gasteiger partial charge in [0.1, 0.15) is 5.82 Å². The SMILES string of the molecule is COc1cc(C=Nn2c(C)nc3ccc(Br)cc3c2=O)ccc1OCC(=O)Nc1ccccc1. The number of anilines is 1. The zero-order chi connectivity index (χ0) is 24.1. The summed E-state index contributed by atoms with van der Waals surface area (Å²) in [7, 11) is 1.51. The van der Waals surface area contributed by atoms with Gasteiger partial charge in [0.15, 0.2) is 18.1 Å². The van der Waals surface area contributed by atoms with Gasteiger partial charge >= 0.3 is 0 Å². The summed E-state index contributed by atoms with van der Waals surface area (Å²) in [4.78, 5) is 29.5. The molecule has 0 bridgehead atoms. The molecule has 0 saturated heterocycles. The number of para-hydroxylation sites is 1. The zero-order valence-electron chi connectivity index (χ0n) is 18.5. The van der Waals surface area contributed by atoms with Gasteiger partial charge in [0, 0.05) is 10.2 Å². The Balaban J connectivity index is 1.50. The van der Waals surface area contributed by atoms with Gasteiger partial charge in [-0.2, -0.15) is 9.78 Å². The molecular formula is C25H21BrN4O4. The van der Waals surface area contributed by atoms with Gasteiger partial charge in [-0.15, -0.1) is 0 Å². The van der Waals surface area contributed by atoms with Crippen molar-refractivity contribution in [3.8, 4) is 11.5 Å².